The van der Waals surface area contributed by atoms with E-state index in [0.29, 0.717) is 16.5 Å². The molecule has 0 aliphatic rings. The van der Waals surface area contributed by atoms with Gasteiger partial charge in [-0.15, -0.1) is 0 Å². The highest BCUT2D eigenvalue weighted by Gasteiger charge is 2.24. The van der Waals surface area contributed by atoms with Crippen LogP contribution in [0.25, 0.3) is 5.69 Å². The molecule has 1 heterocycles. The lowest BCUT2D eigenvalue weighted by molar-refractivity contribution is -0.704. The summed E-state index contributed by atoms with van der Waals surface area (Å²) in [5, 5.41) is 5.77. The Morgan fingerprint density at radius 1 is 1.22 bits per heavy atom. The molecule has 0 bridgehead atoms. The second-order valence-electron chi connectivity index (χ2n) is 5.47. The standard InChI is InChI=1S/C18H16BrN3O4S/c1-25-15-8-6-14(7-9-15)22-17(18(24)26-21-22)27-11-10-16(23)20-13-4-2-12(19)3-5-13/h2-9H,10-11H2,1H3,(H-,20,21,23,24)/p+1. The first-order valence-corrected chi connectivity index (χ1v) is 9.81. The third kappa shape index (κ3) is 5.01. The first kappa shape index (κ1) is 19.2. The molecule has 0 atom stereocenters. The molecule has 0 aliphatic carbocycles. The van der Waals surface area contributed by atoms with Gasteiger partial charge in [0, 0.05) is 34.5 Å². The maximum Gasteiger partial charge on any atom is 0.442 e. The van der Waals surface area contributed by atoms with Gasteiger partial charge in [-0.3, -0.25) is 9.32 Å². The van der Waals surface area contributed by atoms with Gasteiger partial charge in [0.25, 0.3) is 0 Å². The molecule has 7 nitrogen and oxygen atoms in total. The molecular formula is C18H17BrN3O4S+. The minimum Gasteiger partial charge on any atom is -0.497 e. The number of hydrogen-bond acceptors (Lipinski definition) is 5. The fourth-order valence-electron chi connectivity index (χ4n) is 2.29. The zero-order chi connectivity index (χ0) is 19.2. The first-order valence-electron chi connectivity index (χ1n) is 8.03. The summed E-state index contributed by atoms with van der Waals surface area (Å²) >= 11 is 4.60. The number of aromatic amines is 1. The fraction of sp³-hybridized carbons (Fsp3) is 0.167. The fourth-order valence-corrected chi connectivity index (χ4v) is 3.46. The molecule has 9 heteroatoms. The lowest BCUT2D eigenvalue weighted by atomic mass is 10.3. The van der Waals surface area contributed by atoms with Crippen LogP contribution in [-0.2, 0) is 4.79 Å². The van der Waals surface area contributed by atoms with E-state index in [1.807, 2.05) is 24.3 Å². The molecule has 0 aliphatic heterocycles. The van der Waals surface area contributed by atoms with Crippen molar-refractivity contribution in [2.45, 2.75) is 11.4 Å². The number of amides is 1. The Bertz CT molecular complexity index is 968. The first-order chi connectivity index (χ1) is 13.1. The number of aromatic nitrogens is 2. The second kappa shape index (κ2) is 8.92. The highest BCUT2D eigenvalue weighted by molar-refractivity contribution is 9.10. The molecule has 2 N–H and O–H groups in total. The van der Waals surface area contributed by atoms with E-state index < -0.39 is 5.63 Å². The molecule has 0 unspecified atom stereocenters. The number of thioether (sulfide) groups is 1. The largest absolute Gasteiger partial charge is 0.497 e. The number of nitrogens with zero attached hydrogens (tertiary/aromatic N) is 1. The molecule has 1 amide bonds. The summed E-state index contributed by atoms with van der Waals surface area (Å²) in [4.78, 5) is 24.0. The van der Waals surface area contributed by atoms with Crippen molar-refractivity contribution in [3.05, 3.63) is 63.4 Å². The quantitative estimate of drug-likeness (QED) is 0.426. The van der Waals surface area contributed by atoms with Crippen LogP contribution >= 0.6 is 27.7 Å². The summed E-state index contributed by atoms with van der Waals surface area (Å²) in [5.41, 5.74) is 0.968. The Morgan fingerprint density at radius 2 is 1.93 bits per heavy atom. The molecule has 0 saturated carbocycles. The average molecular weight is 451 g/mol. The van der Waals surface area contributed by atoms with Crippen molar-refractivity contribution < 1.29 is 18.7 Å². The van der Waals surface area contributed by atoms with E-state index in [-0.39, 0.29) is 12.3 Å². The molecule has 1 aromatic heterocycles. The molecule has 3 rings (SSSR count). The number of carbonyl (C=O) groups is 1. The van der Waals surface area contributed by atoms with Gasteiger partial charge in [0.2, 0.25) is 11.6 Å². The van der Waals surface area contributed by atoms with E-state index in [4.69, 9.17) is 9.26 Å². The predicted octanol–water partition coefficient (Wildman–Crippen LogP) is 3.14. The van der Waals surface area contributed by atoms with Gasteiger partial charge < -0.3 is 10.1 Å². The summed E-state index contributed by atoms with van der Waals surface area (Å²) in [6.45, 7) is 0. The van der Waals surface area contributed by atoms with Crippen LogP contribution in [0.2, 0.25) is 0 Å². The summed E-state index contributed by atoms with van der Waals surface area (Å²) < 4.78 is 12.5. The smallest absolute Gasteiger partial charge is 0.442 e. The van der Waals surface area contributed by atoms with Gasteiger partial charge in [-0.25, -0.2) is 4.79 Å². The van der Waals surface area contributed by atoms with Crippen molar-refractivity contribution in [1.29, 1.82) is 0 Å². The molecule has 0 saturated heterocycles. The summed E-state index contributed by atoms with van der Waals surface area (Å²) in [6.07, 6.45) is 0.258. The van der Waals surface area contributed by atoms with Gasteiger partial charge in [0.1, 0.15) is 5.75 Å². The maximum atomic E-state index is 12.1. The van der Waals surface area contributed by atoms with E-state index >= 15 is 0 Å². The molecule has 2 aromatic carbocycles. The molecule has 27 heavy (non-hydrogen) atoms. The van der Waals surface area contributed by atoms with Crippen molar-refractivity contribution >= 4 is 39.3 Å². The van der Waals surface area contributed by atoms with Crippen LogP contribution in [-0.4, -0.2) is 24.0 Å². The number of anilines is 1. The van der Waals surface area contributed by atoms with Gasteiger partial charge >= 0.3 is 10.7 Å². The predicted molar refractivity (Wildman–Crippen MR) is 106 cm³/mol. The lowest BCUT2D eigenvalue weighted by Gasteiger charge is -2.04. The van der Waals surface area contributed by atoms with Crippen LogP contribution in [0.1, 0.15) is 6.42 Å². The third-order valence-electron chi connectivity index (χ3n) is 3.63. The minimum absolute atomic E-state index is 0.124. The summed E-state index contributed by atoms with van der Waals surface area (Å²) in [5.74, 6) is 1.02. The van der Waals surface area contributed by atoms with Crippen LogP contribution in [0, 0.1) is 0 Å². The van der Waals surface area contributed by atoms with Crippen molar-refractivity contribution in [3.8, 4) is 11.4 Å². The SMILES string of the molecule is COc1ccc(-[n+]2[nH]oc(=O)c2SCCC(=O)Nc2ccc(Br)cc2)cc1. The molecular weight excluding hydrogens is 434 g/mol. The Labute approximate surface area is 167 Å². The Balaban J connectivity index is 1.61. The lowest BCUT2D eigenvalue weighted by Crippen LogP contribution is -2.36. The maximum absolute atomic E-state index is 12.1. The van der Waals surface area contributed by atoms with Gasteiger partial charge in [-0.05, 0) is 58.1 Å². The van der Waals surface area contributed by atoms with Crippen molar-refractivity contribution in [2.75, 3.05) is 18.2 Å². The number of rotatable bonds is 7. The Morgan fingerprint density at radius 3 is 2.59 bits per heavy atom. The number of nitrogens with one attached hydrogen (secondary N) is 2. The number of methoxy groups -OCH3 is 1. The van der Waals surface area contributed by atoms with Crippen molar-refractivity contribution in [1.82, 2.24) is 5.27 Å². The van der Waals surface area contributed by atoms with Crippen molar-refractivity contribution in [3.63, 3.8) is 0 Å². The van der Waals surface area contributed by atoms with Crippen LogP contribution in [0.3, 0.4) is 0 Å². The van der Waals surface area contributed by atoms with Crippen LogP contribution in [0.4, 0.5) is 5.69 Å². The monoisotopic (exact) mass is 450 g/mol. The highest BCUT2D eigenvalue weighted by atomic mass is 79.9. The Hall–Kier alpha value is -2.52. The van der Waals surface area contributed by atoms with Crippen molar-refractivity contribution in [2.24, 2.45) is 0 Å². The van der Waals surface area contributed by atoms with Crippen LogP contribution < -0.4 is 20.4 Å². The van der Waals surface area contributed by atoms with Gasteiger partial charge in [-0.1, -0.05) is 15.9 Å². The molecule has 3 aromatic rings. The number of ether oxygens (including phenoxy) is 1. The van der Waals surface area contributed by atoms with E-state index in [0.717, 1.165) is 15.8 Å². The zero-order valence-corrected chi connectivity index (χ0v) is 16.8. The van der Waals surface area contributed by atoms with E-state index in [2.05, 4.69) is 26.5 Å². The van der Waals surface area contributed by atoms with Crippen LogP contribution in [0.5, 0.6) is 5.75 Å². The number of hydrogen-bond donors (Lipinski definition) is 2. The third-order valence-corrected chi connectivity index (χ3v) is 5.19. The molecule has 140 valence electrons. The summed E-state index contributed by atoms with van der Waals surface area (Å²) in [6, 6.07) is 14.5. The topological polar surface area (TPSA) is 88.2 Å². The Kier molecular flexibility index (Phi) is 6.36. The number of H-pyrrole nitrogens is 1. The van der Waals surface area contributed by atoms with Gasteiger partial charge in [0.15, 0.2) is 0 Å². The van der Waals surface area contributed by atoms with Gasteiger partial charge in [0.05, 0.1) is 7.11 Å². The summed E-state index contributed by atoms with van der Waals surface area (Å²) in [7, 11) is 1.59. The molecule has 0 fully saturated rings. The minimum atomic E-state index is -0.482. The van der Waals surface area contributed by atoms with E-state index in [1.165, 1.54) is 11.8 Å². The molecule has 0 radical (unpaired) electrons. The zero-order valence-electron chi connectivity index (χ0n) is 14.4. The number of halogens is 1. The second-order valence-corrected chi connectivity index (χ2v) is 7.47. The van der Waals surface area contributed by atoms with Crippen LogP contribution in [0.15, 0.2) is 67.3 Å². The average Bonchev–Trinajstić information content (AvgIpc) is 3.04. The van der Waals surface area contributed by atoms with E-state index in [1.54, 1.807) is 36.1 Å². The molecule has 0 spiro atoms. The van der Waals surface area contributed by atoms with E-state index in [9.17, 15) is 9.59 Å². The number of benzene rings is 2. The number of carbonyl (C=O) groups excluding carboxylic acids is 1. The normalized spacial score (nSPS) is 10.6. The highest BCUT2D eigenvalue weighted by Crippen LogP contribution is 2.17. The van der Waals surface area contributed by atoms with Gasteiger partial charge in [-0.2, -0.15) is 0 Å².